The first-order chi connectivity index (χ1) is 7.50. The molecule has 0 saturated carbocycles. The Labute approximate surface area is 97.5 Å². The van der Waals surface area contributed by atoms with Crippen LogP contribution in [0.4, 0.5) is 0 Å². The number of hydrogen-bond donors (Lipinski definition) is 0. The van der Waals surface area contributed by atoms with E-state index in [4.69, 9.17) is 0 Å². The molecule has 0 spiro atoms. The summed E-state index contributed by atoms with van der Waals surface area (Å²) in [6.45, 7) is 2.43. The quantitative estimate of drug-likeness (QED) is 0.731. The molecule has 0 saturated heterocycles. The van der Waals surface area contributed by atoms with E-state index in [1.807, 2.05) is 6.92 Å². The summed E-state index contributed by atoms with van der Waals surface area (Å²) >= 11 is 0. The average molecular weight is 241 g/mol. The van der Waals surface area contributed by atoms with E-state index in [1.165, 1.54) is 4.41 Å². The average Bonchev–Trinajstić information content (AvgIpc) is 2.26. The molecule has 0 atom stereocenters. The van der Waals surface area contributed by atoms with Crippen LogP contribution in [0.1, 0.15) is 13.3 Å². The van der Waals surface area contributed by atoms with Gasteiger partial charge in [-0.1, -0.05) is 19.1 Å². The maximum Gasteiger partial charge on any atom is 0.255 e. The van der Waals surface area contributed by atoms with Crippen LogP contribution in [0.3, 0.4) is 0 Å². The highest BCUT2D eigenvalue weighted by molar-refractivity contribution is 7.89. The van der Waals surface area contributed by atoms with Gasteiger partial charge in [-0.15, -0.1) is 4.41 Å². The number of hydrogen-bond acceptors (Lipinski definition) is 3. The van der Waals surface area contributed by atoms with Crippen LogP contribution in [-0.2, 0) is 10.0 Å². The van der Waals surface area contributed by atoms with Gasteiger partial charge in [0.25, 0.3) is 10.0 Å². The van der Waals surface area contributed by atoms with Crippen LogP contribution in [0, 0.1) is 6.07 Å². The molecule has 0 amide bonds. The maximum absolute atomic E-state index is 12.2. The second-order valence-electron chi connectivity index (χ2n) is 3.63. The lowest BCUT2D eigenvalue weighted by atomic mass is 10.4. The summed E-state index contributed by atoms with van der Waals surface area (Å²) in [6, 6.07) is 9.13. The number of benzene rings is 1. The molecule has 0 aliphatic heterocycles. The number of hydrazine groups is 1. The molecule has 0 aliphatic carbocycles. The second-order valence-corrected chi connectivity index (χ2v) is 5.48. The van der Waals surface area contributed by atoms with Crippen molar-refractivity contribution in [3.63, 3.8) is 0 Å². The van der Waals surface area contributed by atoms with Crippen LogP contribution in [0.15, 0.2) is 29.2 Å². The third kappa shape index (κ3) is 2.81. The molecule has 16 heavy (non-hydrogen) atoms. The first kappa shape index (κ1) is 13.2. The molecule has 89 valence electrons. The van der Waals surface area contributed by atoms with Gasteiger partial charge >= 0.3 is 0 Å². The van der Waals surface area contributed by atoms with Crippen molar-refractivity contribution in [3.05, 3.63) is 30.3 Å². The van der Waals surface area contributed by atoms with Crippen LogP contribution in [0.5, 0.6) is 0 Å². The standard InChI is InChI=1S/C11H17N2O2S/c1-4-10-13(12(2)3)16(14,15)11-8-6-5-7-9-11/h6-9H,4,10H2,1-3H3. The SMILES string of the molecule is CCCN(N(C)C)S(=O)(=O)c1cc[c]cc1. The van der Waals surface area contributed by atoms with Crippen molar-refractivity contribution in [2.24, 2.45) is 0 Å². The lowest BCUT2D eigenvalue weighted by Crippen LogP contribution is -2.42. The minimum absolute atomic E-state index is 0.299. The Hall–Kier alpha value is -0.910. The fourth-order valence-electron chi connectivity index (χ4n) is 1.39. The van der Waals surface area contributed by atoms with E-state index in [1.54, 1.807) is 43.4 Å². The van der Waals surface area contributed by atoms with Crippen LogP contribution >= 0.6 is 0 Å². The van der Waals surface area contributed by atoms with Gasteiger partial charge in [-0.3, -0.25) is 0 Å². The molecular formula is C11H17N2O2S. The summed E-state index contributed by atoms with van der Waals surface area (Å²) in [4.78, 5) is 0.299. The summed E-state index contributed by atoms with van der Waals surface area (Å²) in [5, 5.41) is 1.59. The minimum atomic E-state index is -3.42. The highest BCUT2D eigenvalue weighted by atomic mass is 32.2. The van der Waals surface area contributed by atoms with Gasteiger partial charge in [-0.25, -0.2) is 13.4 Å². The molecule has 0 fully saturated rings. The van der Waals surface area contributed by atoms with Crippen molar-refractivity contribution in [1.82, 2.24) is 9.42 Å². The van der Waals surface area contributed by atoms with E-state index >= 15 is 0 Å². The zero-order valence-electron chi connectivity index (χ0n) is 9.84. The van der Waals surface area contributed by atoms with Gasteiger partial charge in [0.1, 0.15) is 0 Å². The molecule has 0 unspecified atom stereocenters. The molecule has 0 aliphatic rings. The Morgan fingerprint density at radius 2 is 1.81 bits per heavy atom. The van der Waals surface area contributed by atoms with Gasteiger partial charge in [-0.05, 0) is 24.6 Å². The van der Waals surface area contributed by atoms with E-state index in [0.717, 1.165) is 6.42 Å². The fraction of sp³-hybridized carbons (Fsp3) is 0.455. The van der Waals surface area contributed by atoms with Crippen LogP contribution in [0.25, 0.3) is 0 Å². The molecule has 0 heterocycles. The fourth-order valence-corrected chi connectivity index (χ4v) is 2.97. The van der Waals surface area contributed by atoms with Crippen molar-refractivity contribution in [2.45, 2.75) is 18.2 Å². The van der Waals surface area contributed by atoms with Crippen LogP contribution in [0.2, 0.25) is 0 Å². The third-order valence-electron chi connectivity index (χ3n) is 2.12. The van der Waals surface area contributed by atoms with Gasteiger partial charge in [0.2, 0.25) is 0 Å². The highest BCUT2D eigenvalue weighted by Gasteiger charge is 2.24. The molecule has 4 nitrogen and oxygen atoms in total. The number of nitrogens with zero attached hydrogens (tertiary/aromatic N) is 2. The van der Waals surface area contributed by atoms with E-state index in [0.29, 0.717) is 11.4 Å². The first-order valence-corrected chi connectivity index (χ1v) is 6.60. The summed E-state index contributed by atoms with van der Waals surface area (Å²) in [5.74, 6) is 0. The van der Waals surface area contributed by atoms with Crippen LogP contribution < -0.4 is 0 Å². The van der Waals surface area contributed by atoms with Gasteiger partial charge in [0.15, 0.2) is 0 Å². The van der Waals surface area contributed by atoms with E-state index < -0.39 is 10.0 Å². The normalized spacial score (nSPS) is 12.3. The molecule has 1 rings (SSSR count). The summed E-state index contributed by atoms with van der Waals surface area (Å²) < 4.78 is 25.8. The smallest absolute Gasteiger partial charge is 0.234 e. The molecule has 5 heteroatoms. The Balaban J connectivity index is 3.09. The Kier molecular flexibility index (Phi) is 4.46. The van der Waals surface area contributed by atoms with E-state index in [2.05, 4.69) is 6.07 Å². The van der Waals surface area contributed by atoms with Gasteiger partial charge < -0.3 is 0 Å². The monoisotopic (exact) mass is 241 g/mol. The first-order valence-electron chi connectivity index (χ1n) is 5.16. The summed E-state index contributed by atoms with van der Waals surface area (Å²) in [5.41, 5.74) is 0. The maximum atomic E-state index is 12.2. The topological polar surface area (TPSA) is 40.6 Å². The lowest BCUT2D eigenvalue weighted by Gasteiger charge is -2.27. The highest BCUT2D eigenvalue weighted by Crippen LogP contribution is 2.15. The zero-order valence-corrected chi connectivity index (χ0v) is 10.7. The molecule has 0 aromatic heterocycles. The van der Waals surface area contributed by atoms with E-state index in [-0.39, 0.29) is 0 Å². The zero-order chi connectivity index (χ0) is 12.2. The van der Waals surface area contributed by atoms with Crippen molar-refractivity contribution in [2.75, 3.05) is 20.6 Å². The number of sulfonamides is 1. The molecule has 0 bridgehead atoms. The molecular weight excluding hydrogens is 224 g/mol. The Morgan fingerprint density at radius 3 is 2.25 bits per heavy atom. The van der Waals surface area contributed by atoms with Gasteiger partial charge in [-0.2, -0.15) is 0 Å². The lowest BCUT2D eigenvalue weighted by molar-refractivity contribution is 0.127. The molecule has 0 N–H and O–H groups in total. The molecule has 1 aromatic carbocycles. The number of rotatable bonds is 5. The van der Waals surface area contributed by atoms with Crippen molar-refractivity contribution >= 4 is 10.0 Å². The summed E-state index contributed by atoms with van der Waals surface area (Å²) in [7, 11) is 0.0257. The van der Waals surface area contributed by atoms with Crippen molar-refractivity contribution in [1.29, 1.82) is 0 Å². The predicted molar refractivity (Wildman–Crippen MR) is 63.1 cm³/mol. The van der Waals surface area contributed by atoms with Gasteiger partial charge in [0, 0.05) is 20.6 Å². The molecule has 1 aromatic rings. The largest absolute Gasteiger partial charge is 0.255 e. The van der Waals surface area contributed by atoms with Crippen molar-refractivity contribution in [3.8, 4) is 0 Å². The van der Waals surface area contributed by atoms with E-state index in [9.17, 15) is 8.42 Å². The second kappa shape index (κ2) is 5.43. The Morgan fingerprint density at radius 1 is 1.25 bits per heavy atom. The Bertz CT molecular complexity index is 415. The van der Waals surface area contributed by atoms with Crippen LogP contribution in [-0.4, -0.2) is 38.5 Å². The predicted octanol–water partition coefficient (Wildman–Crippen LogP) is 1.36. The third-order valence-corrected chi connectivity index (χ3v) is 4.06. The minimum Gasteiger partial charge on any atom is -0.234 e. The molecule has 1 radical (unpaired) electrons. The van der Waals surface area contributed by atoms with Crippen molar-refractivity contribution < 1.29 is 8.42 Å². The van der Waals surface area contributed by atoms with Gasteiger partial charge in [0.05, 0.1) is 4.90 Å². The summed E-state index contributed by atoms with van der Waals surface area (Å²) in [6.07, 6.45) is 0.774.